The highest BCUT2D eigenvalue weighted by molar-refractivity contribution is 5.33. The smallest absolute Gasteiger partial charge is 0.222 e. The Kier molecular flexibility index (Phi) is 6.70. The maximum Gasteiger partial charge on any atom is 0.235 e. The molecule has 4 nitrogen and oxygen atoms in total. The van der Waals surface area contributed by atoms with Crippen LogP contribution >= 0.6 is 0 Å². The second-order valence-corrected chi connectivity index (χ2v) is 3.25. The predicted octanol–water partition coefficient (Wildman–Crippen LogP) is 1.80. The first-order chi connectivity index (χ1) is 6.24. The maximum atomic E-state index is 9.89. The van der Waals surface area contributed by atoms with Crippen molar-refractivity contribution in [3.63, 3.8) is 0 Å². The molecule has 72 valence electrons. The van der Waals surface area contributed by atoms with Crippen LogP contribution in [0.4, 0.5) is 0 Å². The zero-order valence-corrected chi connectivity index (χ0v) is 7.75. The average molecular weight is 182 g/mol. The van der Waals surface area contributed by atoms with Crippen LogP contribution in [0, 0.1) is 11.3 Å². The first-order valence-electron chi connectivity index (χ1n) is 4.35. The van der Waals surface area contributed by atoms with Crippen molar-refractivity contribution in [3.05, 3.63) is 0 Å². The van der Waals surface area contributed by atoms with Crippen molar-refractivity contribution in [1.82, 2.24) is 0 Å². The predicted molar refractivity (Wildman–Crippen MR) is 48.0 cm³/mol. The van der Waals surface area contributed by atoms with Crippen molar-refractivity contribution in [1.29, 1.82) is 5.41 Å². The summed E-state index contributed by atoms with van der Waals surface area (Å²) in [6, 6.07) is 0.279. The van der Waals surface area contributed by atoms with Crippen LogP contribution in [0.1, 0.15) is 32.6 Å². The molecule has 1 rings (SSSR count). The third-order valence-electron chi connectivity index (χ3n) is 2.14. The number of hydrogen-bond donors (Lipinski definition) is 1. The summed E-state index contributed by atoms with van der Waals surface area (Å²) in [4.78, 5) is 22.0. The SMILES string of the molecule is CC1CCCC(N=C=O)C1.N=C=O. The zero-order chi connectivity index (χ0) is 10.1. The van der Waals surface area contributed by atoms with Gasteiger partial charge in [0, 0.05) is 0 Å². The summed E-state index contributed by atoms with van der Waals surface area (Å²) in [5.74, 6) is 0.746. The van der Waals surface area contributed by atoms with E-state index in [0.29, 0.717) is 0 Å². The van der Waals surface area contributed by atoms with Gasteiger partial charge in [-0.15, -0.1) is 0 Å². The Morgan fingerprint density at radius 3 is 2.46 bits per heavy atom. The second-order valence-electron chi connectivity index (χ2n) is 3.25. The Balaban J connectivity index is 0.000000424. The fourth-order valence-electron chi connectivity index (χ4n) is 1.59. The molecule has 0 aromatic heterocycles. The van der Waals surface area contributed by atoms with Crippen LogP contribution in [-0.2, 0) is 9.59 Å². The number of nitrogens with zero attached hydrogens (tertiary/aromatic N) is 1. The summed E-state index contributed by atoms with van der Waals surface area (Å²) >= 11 is 0. The molecule has 0 amide bonds. The van der Waals surface area contributed by atoms with Gasteiger partial charge < -0.3 is 0 Å². The summed E-state index contributed by atoms with van der Waals surface area (Å²) in [6.45, 7) is 2.21. The average Bonchev–Trinajstić information content (AvgIpc) is 2.06. The van der Waals surface area contributed by atoms with E-state index in [1.165, 1.54) is 12.8 Å². The normalized spacial score (nSPS) is 25.9. The van der Waals surface area contributed by atoms with Gasteiger partial charge in [0.25, 0.3) is 0 Å². The molecule has 0 radical (unpaired) electrons. The summed E-state index contributed by atoms with van der Waals surface area (Å²) in [6.07, 6.45) is 7.06. The van der Waals surface area contributed by atoms with E-state index >= 15 is 0 Å². The molecule has 1 aliphatic rings. The van der Waals surface area contributed by atoms with Crippen LogP contribution in [0.5, 0.6) is 0 Å². The molecule has 0 aliphatic heterocycles. The molecule has 1 saturated carbocycles. The largest absolute Gasteiger partial charge is 0.235 e. The Morgan fingerprint density at radius 1 is 1.38 bits per heavy atom. The third kappa shape index (κ3) is 5.97. The Bertz CT molecular complexity index is 216. The third-order valence-corrected chi connectivity index (χ3v) is 2.14. The maximum absolute atomic E-state index is 9.89. The lowest BCUT2D eigenvalue weighted by molar-refractivity contribution is 0.345. The molecule has 1 fully saturated rings. The first-order valence-corrected chi connectivity index (χ1v) is 4.35. The summed E-state index contributed by atoms with van der Waals surface area (Å²) < 4.78 is 0. The molecule has 0 bridgehead atoms. The van der Waals surface area contributed by atoms with Crippen molar-refractivity contribution in [2.75, 3.05) is 0 Å². The van der Waals surface area contributed by atoms with Crippen LogP contribution in [0.2, 0.25) is 0 Å². The summed E-state index contributed by atoms with van der Waals surface area (Å²) in [7, 11) is 0. The fraction of sp³-hybridized carbons (Fsp3) is 0.778. The van der Waals surface area contributed by atoms with E-state index in [1.54, 1.807) is 6.08 Å². The number of nitrogens with one attached hydrogen (secondary N) is 1. The van der Waals surface area contributed by atoms with E-state index in [-0.39, 0.29) is 6.04 Å². The molecule has 0 aromatic carbocycles. The molecule has 0 aromatic rings. The van der Waals surface area contributed by atoms with Gasteiger partial charge in [0.15, 0.2) is 0 Å². The Hall–Kier alpha value is -1.24. The lowest BCUT2D eigenvalue weighted by Gasteiger charge is -2.21. The number of aliphatic imine (C=N–C) groups is 1. The van der Waals surface area contributed by atoms with Gasteiger partial charge in [0.2, 0.25) is 12.2 Å². The van der Waals surface area contributed by atoms with Crippen LogP contribution in [-0.4, -0.2) is 18.2 Å². The zero-order valence-electron chi connectivity index (χ0n) is 7.75. The first kappa shape index (κ1) is 11.8. The van der Waals surface area contributed by atoms with E-state index < -0.39 is 0 Å². The van der Waals surface area contributed by atoms with Crippen LogP contribution in [0.25, 0.3) is 0 Å². The standard InChI is InChI=1S/C8H13NO.CHNO/c1-7-3-2-4-8(5-7)9-6-10;2-1-3/h7-8H,2-5H2,1H3;2H. The summed E-state index contributed by atoms with van der Waals surface area (Å²) in [5.41, 5.74) is 0. The minimum atomic E-state index is 0.279. The van der Waals surface area contributed by atoms with Crippen molar-refractivity contribution in [2.24, 2.45) is 10.9 Å². The second kappa shape index (κ2) is 7.41. The number of isocyanates is 2. The van der Waals surface area contributed by atoms with Gasteiger partial charge in [0.05, 0.1) is 6.04 Å². The molecular formula is C9H14N2O2. The molecule has 4 heteroatoms. The van der Waals surface area contributed by atoms with Crippen molar-refractivity contribution < 1.29 is 9.59 Å². The van der Waals surface area contributed by atoms with Crippen molar-refractivity contribution in [2.45, 2.75) is 38.6 Å². The minimum Gasteiger partial charge on any atom is -0.222 e. The molecular weight excluding hydrogens is 168 g/mol. The molecule has 1 N–H and O–H groups in total. The fourth-order valence-corrected chi connectivity index (χ4v) is 1.59. The van der Waals surface area contributed by atoms with E-state index in [9.17, 15) is 4.79 Å². The van der Waals surface area contributed by atoms with Gasteiger partial charge >= 0.3 is 0 Å². The quantitative estimate of drug-likeness (QED) is 0.496. The van der Waals surface area contributed by atoms with Gasteiger partial charge in [-0.1, -0.05) is 19.8 Å². The molecule has 13 heavy (non-hydrogen) atoms. The van der Waals surface area contributed by atoms with Crippen molar-refractivity contribution in [3.8, 4) is 0 Å². The van der Waals surface area contributed by atoms with Gasteiger partial charge in [-0.25, -0.2) is 20.0 Å². The van der Waals surface area contributed by atoms with Crippen LogP contribution in [0.15, 0.2) is 4.99 Å². The lowest BCUT2D eigenvalue weighted by atomic mass is 9.87. The van der Waals surface area contributed by atoms with E-state index in [1.807, 2.05) is 0 Å². The molecule has 2 unspecified atom stereocenters. The molecule has 0 saturated heterocycles. The molecule has 0 heterocycles. The Morgan fingerprint density at radius 2 is 2.00 bits per heavy atom. The number of hydrogen-bond acceptors (Lipinski definition) is 4. The molecule has 0 spiro atoms. The van der Waals surface area contributed by atoms with E-state index in [4.69, 9.17) is 10.2 Å². The topological polar surface area (TPSA) is 70.3 Å². The highest BCUT2D eigenvalue weighted by atomic mass is 16.1. The summed E-state index contributed by atoms with van der Waals surface area (Å²) in [5, 5.41) is 5.40. The number of rotatable bonds is 1. The Labute approximate surface area is 77.6 Å². The van der Waals surface area contributed by atoms with Gasteiger partial charge in [0.1, 0.15) is 0 Å². The van der Waals surface area contributed by atoms with Crippen LogP contribution in [0.3, 0.4) is 0 Å². The van der Waals surface area contributed by atoms with Crippen LogP contribution < -0.4 is 0 Å². The van der Waals surface area contributed by atoms with Crippen molar-refractivity contribution >= 4 is 12.2 Å². The minimum absolute atomic E-state index is 0.279. The molecule has 2 atom stereocenters. The van der Waals surface area contributed by atoms with Gasteiger partial charge in [-0.2, -0.15) is 0 Å². The van der Waals surface area contributed by atoms with E-state index in [2.05, 4.69) is 11.9 Å². The highest BCUT2D eigenvalue weighted by Gasteiger charge is 2.17. The van der Waals surface area contributed by atoms with Gasteiger partial charge in [-0.3, -0.25) is 0 Å². The van der Waals surface area contributed by atoms with Gasteiger partial charge in [-0.05, 0) is 18.8 Å². The lowest BCUT2D eigenvalue weighted by Crippen LogP contribution is -2.15. The number of carbonyl (C=O) groups excluding carboxylic acids is 2. The monoisotopic (exact) mass is 182 g/mol. The highest BCUT2D eigenvalue weighted by Crippen LogP contribution is 2.25. The van der Waals surface area contributed by atoms with E-state index in [0.717, 1.165) is 24.8 Å². The molecule has 1 aliphatic carbocycles.